The molecule has 0 saturated carbocycles. The van der Waals surface area contributed by atoms with Crippen LogP contribution in [0.25, 0.3) is 6.08 Å². The van der Waals surface area contributed by atoms with Crippen LogP contribution in [-0.4, -0.2) is 11.8 Å². The molecule has 0 atom stereocenters. The molecule has 0 aromatic heterocycles. The van der Waals surface area contributed by atoms with Crippen LogP contribution in [-0.2, 0) is 4.79 Å². The zero-order valence-electron chi connectivity index (χ0n) is 7.68. The minimum Gasteiger partial charge on any atom is -0.211 e. The van der Waals surface area contributed by atoms with Crippen LogP contribution in [0.4, 0.5) is 5.69 Å². The second kappa shape index (κ2) is 6.19. The highest BCUT2D eigenvalue weighted by Gasteiger charge is 1.89. The molecule has 0 aliphatic heterocycles. The number of allylic oxidation sites excluding steroid dienone is 1. The van der Waals surface area contributed by atoms with Gasteiger partial charge in [-0.1, -0.05) is 24.3 Å². The summed E-state index contributed by atoms with van der Waals surface area (Å²) in [4.78, 5) is 13.6. The largest absolute Gasteiger partial charge is 0.240 e. The minimum absolute atomic E-state index is 0.632. The van der Waals surface area contributed by atoms with Crippen LogP contribution in [0.15, 0.2) is 35.3 Å². The molecule has 0 heterocycles. The van der Waals surface area contributed by atoms with E-state index in [1.807, 2.05) is 30.4 Å². The summed E-state index contributed by atoms with van der Waals surface area (Å²) < 4.78 is 0. The van der Waals surface area contributed by atoms with E-state index in [9.17, 15) is 4.79 Å². The van der Waals surface area contributed by atoms with Crippen molar-refractivity contribution in [1.29, 1.82) is 0 Å². The van der Waals surface area contributed by atoms with Gasteiger partial charge in [0.1, 0.15) is 0 Å². The molecule has 0 N–H and O–H groups in total. The van der Waals surface area contributed by atoms with Crippen LogP contribution in [0.1, 0.15) is 12.0 Å². The predicted molar refractivity (Wildman–Crippen MR) is 61.7 cm³/mol. The van der Waals surface area contributed by atoms with Gasteiger partial charge in [-0.05, 0) is 29.9 Å². The second-order valence-electron chi connectivity index (χ2n) is 2.71. The molecule has 0 aliphatic rings. The zero-order chi connectivity index (χ0) is 10.2. The van der Waals surface area contributed by atoms with Crippen LogP contribution >= 0.6 is 12.6 Å². The van der Waals surface area contributed by atoms with Crippen molar-refractivity contribution in [3.8, 4) is 0 Å². The number of rotatable bonds is 4. The first-order chi connectivity index (χ1) is 6.86. The Kier molecular flexibility index (Phi) is 4.76. The number of thiol groups is 1. The molecular weight excluding hydrogens is 194 g/mol. The molecule has 0 bridgehead atoms. The monoisotopic (exact) mass is 205 g/mol. The van der Waals surface area contributed by atoms with E-state index in [0.29, 0.717) is 5.69 Å². The van der Waals surface area contributed by atoms with Crippen molar-refractivity contribution in [3.05, 3.63) is 35.9 Å². The summed E-state index contributed by atoms with van der Waals surface area (Å²) in [6.07, 6.45) is 6.48. The van der Waals surface area contributed by atoms with E-state index < -0.39 is 0 Å². The van der Waals surface area contributed by atoms with Crippen molar-refractivity contribution in [2.45, 2.75) is 6.42 Å². The summed E-state index contributed by atoms with van der Waals surface area (Å²) in [5, 5.41) is 0. The topological polar surface area (TPSA) is 29.4 Å². The Balaban J connectivity index is 2.77. The van der Waals surface area contributed by atoms with E-state index in [0.717, 1.165) is 17.7 Å². The lowest BCUT2D eigenvalue weighted by atomic mass is 10.2. The lowest BCUT2D eigenvalue weighted by Crippen LogP contribution is -1.72. The average molecular weight is 205 g/mol. The number of benzene rings is 1. The van der Waals surface area contributed by atoms with Crippen molar-refractivity contribution >= 4 is 30.5 Å². The molecule has 2 nitrogen and oxygen atoms in total. The van der Waals surface area contributed by atoms with Crippen molar-refractivity contribution < 1.29 is 4.79 Å². The lowest BCUT2D eigenvalue weighted by molar-refractivity contribution is 0.565. The number of isocyanates is 1. The van der Waals surface area contributed by atoms with Gasteiger partial charge in [-0.15, -0.1) is 0 Å². The summed E-state index contributed by atoms with van der Waals surface area (Å²) in [6, 6.07) is 7.41. The molecule has 1 aromatic carbocycles. The summed E-state index contributed by atoms with van der Waals surface area (Å²) in [5.41, 5.74) is 1.66. The van der Waals surface area contributed by atoms with Gasteiger partial charge in [0.25, 0.3) is 0 Å². The molecule has 1 rings (SSSR count). The molecule has 0 fully saturated rings. The van der Waals surface area contributed by atoms with E-state index in [2.05, 4.69) is 17.6 Å². The SMILES string of the molecule is O=C=Nc1cccc(C=CCCS)c1. The fraction of sp³-hybridized carbons (Fsp3) is 0.182. The van der Waals surface area contributed by atoms with Crippen LogP contribution in [0, 0.1) is 0 Å². The van der Waals surface area contributed by atoms with E-state index in [-0.39, 0.29) is 0 Å². The molecule has 0 radical (unpaired) electrons. The highest BCUT2D eigenvalue weighted by molar-refractivity contribution is 7.80. The third kappa shape index (κ3) is 3.60. The maximum Gasteiger partial charge on any atom is 0.240 e. The van der Waals surface area contributed by atoms with E-state index in [1.165, 1.54) is 6.08 Å². The van der Waals surface area contributed by atoms with Crippen LogP contribution in [0.2, 0.25) is 0 Å². The number of nitrogens with zero attached hydrogens (tertiary/aromatic N) is 1. The second-order valence-corrected chi connectivity index (χ2v) is 3.16. The Morgan fingerprint density at radius 3 is 3.07 bits per heavy atom. The highest BCUT2D eigenvalue weighted by atomic mass is 32.1. The van der Waals surface area contributed by atoms with E-state index in [1.54, 1.807) is 6.07 Å². The van der Waals surface area contributed by atoms with Gasteiger partial charge in [0, 0.05) is 0 Å². The Bertz CT molecular complexity index is 367. The summed E-state index contributed by atoms with van der Waals surface area (Å²) in [5.74, 6) is 0.836. The lowest BCUT2D eigenvalue weighted by Gasteiger charge is -1.94. The maximum absolute atomic E-state index is 10.0. The summed E-state index contributed by atoms with van der Waals surface area (Å²) in [7, 11) is 0. The van der Waals surface area contributed by atoms with Crippen LogP contribution < -0.4 is 0 Å². The Hall–Kier alpha value is -1.31. The molecule has 0 aliphatic carbocycles. The number of aliphatic imine (C=N–C) groups is 1. The van der Waals surface area contributed by atoms with Crippen molar-refractivity contribution in [2.24, 2.45) is 4.99 Å². The van der Waals surface area contributed by atoms with Crippen molar-refractivity contribution in [3.63, 3.8) is 0 Å². The van der Waals surface area contributed by atoms with Gasteiger partial charge in [0.2, 0.25) is 6.08 Å². The summed E-state index contributed by atoms with van der Waals surface area (Å²) in [6.45, 7) is 0. The van der Waals surface area contributed by atoms with Crippen molar-refractivity contribution in [1.82, 2.24) is 0 Å². The predicted octanol–water partition coefficient (Wildman–Crippen LogP) is 2.99. The standard InChI is InChI=1S/C11H11NOS/c13-9-12-11-6-3-5-10(8-11)4-1-2-7-14/h1,3-6,8,14H,2,7H2. The fourth-order valence-electron chi connectivity index (χ4n) is 1.04. The smallest absolute Gasteiger partial charge is 0.211 e. The normalized spacial score (nSPS) is 10.1. The quantitative estimate of drug-likeness (QED) is 0.457. The molecule has 3 heteroatoms. The first kappa shape index (κ1) is 10.8. The number of carbonyl (C=O) groups excluding carboxylic acids is 1. The molecule has 0 unspecified atom stereocenters. The van der Waals surface area contributed by atoms with Crippen LogP contribution in [0.5, 0.6) is 0 Å². The van der Waals surface area contributed by atoms with E-state index >= 15 is 0 Å². The number of hydrogen-bond donors (Lipinski definition) is 1. The van der Waals surface area contributed by atoms with Gasteiger partial charge in [-0.25, -0.2) is 4.79 Å². The Labute approximate surface area is 88.8 Å². The molecule has 14 heavy (non-hydrogen) atoms. The molecule has 0 spiro atoms. The van der Waals surface area contributed by atoms with Gasteiger partial charge >= 0.3 is 0 Å². The first-order valence-electron chi connectivity index (χ1n) is 4.32. The minimum atomic E-state index is 0.632. The molecule has 0 amide bonds. The van der Waals surface area contributed by atoms with Gasteiger partial charge in [-0.2, -0.15) is 17.6 Å². The third-order valence-electron chi connectivity index (χ3n) is 1.65. The third-order valence-corrected chi connectivity index (χ3v) is 1.91. The Morgan fingerprint density at radius 1 is 1.50 bits per heavy atom. The maximum atomic E-state index is 10.0. The highest BCUT2D eigenvalue weighted by Crippen LogP contribution is 2.14. The molecule has 1 aromatic rings. The van der Waals surface area contributed by atoms with Gasteiger partial charge in [0.15, 0.2) is 0 Å². The Morgan fingerprint density at radius 2 is 2.36 bits per heavy atom. The van der Waals surface area contributed by atoms with Gasteiger partial charge in [-0.3, -0.25) is 0 Å². The van der Waals surface area contributed by atoms with Crippen LogP contribution in [0.3, 0.4) is 0 Å². The number of hydrogen-bond acceptors (Lipinski definition) is 3. The summed E-state index contributed by atoms with van der Waals surface area (Å²) >= 11 is 4.10. The van der Waals surface area contributed by atoms with Gasteiger partial charge < -0.3 is 0 Å². The molecule has 0 saturated heterocycles. The van der Waals surface area contributed by atoms with E-state index in [4.69, 9.17) is 0 Å². The van der Waals surface area contributed by atoms with Gasteiger partial charge in [0.05, 0.1) is 5.69 Å². The fourth-order valence-corrected chi connectivity index (χ4v) is 1.19. The first-order valence-corrected chi connectivity index (χ1v) is 4.95. The molecule has 72 valence electrons. The van der Waals surface area contributed by atoms with Crippen molar-refractivity contribution in [2.75, 3.05) is 5.75 Å². The zero-order valence-corrected chi connectivity index (χ0v) is 8.58. The molecular formula is C11H11NOS. The average Bonchev–Trinajstić information content (AvgIpc) is 2.19.